The average Bonchev–Trinajstić information content (AvgIpc) is 2.99. The highest BCUT2D eigenvalue weighted by Crippen LogP contribution is 2.35. The van der Waals surface area contributed by atoms with Crippen molar-refractivity contribution in [2.45, 2.75) is 45.6 Å². The molecule has 0 aliphatic rings. The lowest BCUT2D eigenvalue weighted by molar-refractivity contribution is 0.0655. The summed E-state index contributed by atoms with van der Waals surface area (Å²) in [5.74, 6) is -0.000896. The molecule has 0 radical (unpaired) electrons. The first-order valence-electron chi connectivity index (χ1n) is 7.54. The Kier molecular flexibility index (Phi) is 5.19. The van der Waals surface area contributed by atoms with Crippen LogP contribution in [0.5, 0.6) is 5.75 Å². The summed E-state index contributed by atoms with van der Waals surface area (Å²) >= 11 is 3.55. The maximum absolute atomic E-state index is 10.9. The van der Waals surface area contributed by atoms with Gasteiger partial charge >= 0.3 is 5.97 Å². The third-order valence-electron chi connectivity index (χ3n) is 4.14. The number of carbonyl (C=O) groups is 1. The molecule has 1 aromatic heterocycles. The molecule has 0 saturated heterocycles. The van der Waals surface area contributed by atoms with Crippen molar-refractivity contribution in [1.82, 2.24) is 0 Å². The minimum atomic E-state index is -1.09. The molecule has 1 unspecified atom stereocenters. The molecule has 4 nitrogen and oxygen atoms in total. The molecule has 5 heteroatoms. The van der Waals surface area contributed by atoms with Gasteiger partial charge in [0.1, 0.15) is 11.5 Å². The predicted molar refractivity (Wildman–Crippen MR) is 92.2 cm³/mol. The smallest absolute Gasteiger partial charge is 0.371 e. The van der Waals surface area contributed by atoms with Gasteiger partial charge in [-0.25, -0.2) is 4.79 Å². The number of aromatic carboxylic acids is 1. The Morgan fingerprint density at radius 3 is 2.57 bits per heavy atom. The van der Waals surface area contributed by atoms with E-state index in [9.17, 15) is 4.79 Å². The summed E-state index contributed by atoms with van der Waals surface area (Å²) in [5, 5.41) is 8.90. The van der Waals surface area contributed by atoms with E-state index in [1.54, 1.807) is 6.07 Å². The number of carboxylic acid groups (broad SMARTS) is 1. The first-order chi connectivity index (χ1) is 10.7. The van der Waals surface area contributed by atoms with Crippen LogP contribution in [-0.4, -0.2) is 11.1 Å². The molecule has 2 aromatic rings. The van der Waals surface area contributed by atoms with E-state index in [0.717, 1.165) is 10.9 Å². The van der Waals surface area contributed by atoms with Gasteiger partial charge in [0.05, 0.1) is 4.47 Å². The van der Waals surface area contributed by atoms with Crippen molar-refractivity contribution in [3.63, 3.8) is 0 Å². The molecule has 23 heavy (non-hydrogen) atoms. The Morgan fingerprint density at radius 2 is 2.04 bits per heavy atom. The van der Waals surface area contributed by atoms with Crippen LogP contribution in [-0.2, 0) is 5.41 Å². The van der Waals surface area contributed by atoms with Gasteiger partial charge in [-0.15, -0.1) is 0 Å². The highest BCUT2D eigenvalue weighted by atomic mass is 79.9. The summed E-state index contributed by atoms with van der Waals surface area (Å²) in [6.07, 6.45) is 0.657. The highest BCUT2D eigenvalue weighted by molar-refractivity contribution is 9.10. The van der Waals surface area contributed by atoms with Crippen LogP contribution in [0.2, 0.25) is 0 Å². The van der Waals surface area contributed by atoms with E-state index < -0.39 is 5.97 Å². The molecule has 2 rings (SSSR count). The summed E-state index contributed by atoms with van der Waals surface area (Å²) in [6, 6.07) is 9.10. The van der Waals surface area contributed by atoms with Gasteiger partial charge in [0.2, 0.25) is 5.76 Å². The zero-order valence-corrected chi connectivity index (χ0v) is 15.3. The number of ether oxygens (including phenoxy) is 1. The van der Waals surface area contributed by atoms with E-state index in [-0.39, 0.29) is 17.3 Å². The normalized spacial score (nSPS) is 12.9. The van der Waals surface area contributed by atoms with Crippen molar-refractivity contribution >= 4 is 21.9 Å². The summed E-state index contributed by atoms with van der Waals surface area (Å²) < 4.78 is 12.0. The van der Waals surface area contributed by atoms with E-state index in [1.165, 1.54) is 11.6 Å². The number of carboxylic acids is 1. The van der Waals surface area contributed by atoms with E-state index >= 15 is 0 Å². The molecule has 0 aliphatic heterocycles. The maximum Gasteiger partial charge on any atom is 0.371 e. The minimum Gasteiger partial charge on any atom is -0.482 e. The zero-order valence-electron chi connectivity index (χ0n) is 13.7. The zero-order chi connectivity index (χ0) is 17.2. The van der Waals surface area contributed by atoms with Crippen LogP contribution in [0.15, 0.2) is 39.2 Å². The summed E-state index contributed by atoms with van der Waals surface area (Å²) in [4.78, 5) is 10.9. The van der Waals surface area contributed by atoms with Crippen molar-refractivity contribution < 1.29 is 19.1 Å². The minimum absolute atomic E-state index is 0.0884. The van der Waals surface area contributed by atoms with E-state index in [4.69, 9.17) is 14.3 Å². The molecule has 0 fully saturated rings. The molecular weight excluding hydrogens is 360 g/mol. The highest BCUT2D eigenvalue weighted by Gasteiger charge is 2.20. The molecule has 1 aromatic carbocycles. The van der Waals surface area contributed by atoms with E-state index in [2.05, 4.69) is 48.8 Å². The Bertz CT molecular complexity index is 703. The van der Waals surface area contributed by atoms with Crippen molar-refractivity contribution in [3.05, 3.63) is 51.9 Å². The van der Waals surface area contributed by atoms with E-state index in [0.29, 0.717) is 11.5 Å². The first kappa shape index (κ1) is 17.6. The molecule has 0 aliphatic carbocycles. The third-order valence-corrected chi connectivity index (χ3v) is 4.76. The molecule has 0 saturated carbocycles. The molecular formula is C18H21BrO4. The molecule has 0 spiro atoms. The Labute approximate surface area is 144 Å². The van der Waals surface area contributed by atoms with Crippen LogP contribution < -0.4 is 4.74 Å². The van der Waals surface area contributed by atoms with Crippen LogP contribution in [0.4, 0.5) is 0 Å². The molecule has 1 heterocycles. The molecule has 0 amide bonds. The number of hydrogen-bond donors (Lipinski definition) is 1. The number of rotatable bonds is 6. The quantitative estimate of drug-likeness (QED) is 0.711. The summed E-state index contributed by atoms with van der Waals surface area (Å²) in [6.45, 7) is 8.39. The molecule has 124 valence electrons. The predicted octanol–water partition coefficient (Wildman–Crippen LogP) is 5.57. The molecule has 1 N–H and O–H groups in total. The monoisotopic (exact) mass is 380 g/mol. The van der Waals surface area contributed by atoms with Gasteiger partial charge in [0.25, 0.3) is 0 Å². The lowest BCUT2D eigenvalue weighted by Gasteiger charge is -2.24. The summed E-state index contributed by atoms with van der Waals surface area (Å²) in [7, 11) is 0. The average molecular weight is 381 g/mol. The number of hydrogen-bond acceptors (Lipinski definition) is 3. The topological polar surface area (TPSA) is 59.7 Å². The Hall–Kier alpha value is -1.75. The van der Waals surface area contributed by atoms with E-state index in [1.807, 2.05) is 13.0 Å². The van der Waals surface area contributed by atoms with Gasteiger partial charge in [-0.2, -0.15) is 0 Å². The van der Waals surface area contributed by atoms with Crippen LogP contribution in [0.1, 0.15) is 62.1 Å². The second-order valence-corrected chi connectivity index (χ2v) is 7.00. The number of furan rings is 1. The fraction of sp³-hybridized carbons (Fsp3) is 0.389. The maximum atomic E-state index is 10.9. The Morgan fingerprint density at radius 1 is 1.35 bits per heavy atom. The van der Waals surface area contributed by atoms with Gasteiger partial charge in [-0.05, 0) is 64.5 Å². The largest absolute Gasteiger partial charge is 0.482 e. The third kappa shape index (κ3) is 3.96. The Balaban J connectivity index is 2.17. The van der Waals surface area contributed by atoms with Gasteiger partial charge in [-0.3, -0.25) is 0 Å². The van der Waals surface area contributed by atoms with Crippen LogP contribution in [0.3, 0.4) is 0 Å². The second-order valence-electron chi connectivity index (χ2n) is 6.15. The van der Waals surface area contributed by atoms with Gasteiger partial charge < -0.3 is 14.3 Å². The van der Waals surface area contributed by atoms with Crippen molar-refractivity contribution in [3.8, 4) is 5.75 Å². The van der Waals surface area contributed by atoms with Crippen LogP contribution >= 0.6 is 15.9 Å². The molecule has 1 atom stereocenters. The van der Waals surface area contributed by atoms with Crippen molar-refractivity contribution in [2.24, 2.45) is 0 Å². The lowest BCUT2D eigenvalue weighted by Crippen LogP contribution is -2.15. The van der Waals surface area contributed by atoms with Gasteiger partial charge in [-0.1, -0.05) is 26.8 Å². The van der Waals surface area contributed by atoms with Crippen LogP contribution in [0, 0.1) is 0 Å². The first-order valence-corrected chi connectivity index (χ1v) is 8.33. The SMILES string of the molecule is CCC(C)(C)c1ccc(OC(C)c2ccc(C(=O)O)o2)c(Br)c1. The fourth-order valence-corrected chi connectivity index (χ4v) is 2.63. The van der Waals surface area contributed by atoms with Gasteiger partial charge in [0, 0.05) is 0 Å². The van der Waals surface area contributed by atoms with Crippen molar-refractivity contribution in [1.29, 1.82) is 0 Å². The lowest BCUT2D eigenvalue weighted by atomic mass is 9.82. The fourth-order valence-electron chi connectivity index (χ4n) is 2.16. The van der Waals surface area contributed by atoms with Crippen molar-refractivity contribution in [2.75, 3.05) is 0 Å². The number of halogens is 1. The molecule has 0 bridgehead atoms. The second kappa shape index (κ2) is 6.79. The summed E-state index contributed by atoms with van der Waals surface area (Å²) in [5.41, 5.74) is 1.34. The van der Waals surface area contributed by atoms with Gasteiger partial charge in [0.15, 0.2) is 6.10 Å². The van der Waals surface area contributed by atoms with Crippen LogP contribution in [0.25, 0.3) is 0 Å². The number of benzene rings is 1. The standard InChI is InChI=1S/C18H21BrO4/c1-5-18(3,4)12-6-7-15(13(19)10-12)22-11(2)14-8-9-16(23-14)17(20)21/h6-11H,5H2,1-4H3,(H,20,21).